The Balaban J connectivity index is 1.76. The van der Waals surface area contributed by atoms with E-state index in [-0.39, 0.29) is 0 Å². The third-order valence-corrected chi connectivity index (χ3v) is 4.90. The SMILES string of the molecule is c1ccc2c(c1)CN(C1CCNCC1)Cc1ccccc1-2. The molecule has 0 unspecified atom stereocenters. The van der Waals surface area contributed by atoms with Crippen LogP contribution in [-0.2, 0) is 13.1 Å². The standard InChI is InChI=1S/C19H22N2/c1-3-7-18-15(5-1)13-21(17-9-11-20-12-10-17)14-16-6-2-4-8-19(16)18/h1-8,17,20H,9-14H2. The van der Waals surface area contributed by atoms with E-state index in [1.165, 1.54) is 35.1 Å². The zero-order chi connectivity index (χ0) is 14.1. The molecule has 4 rings (SSSR count). The van der Waals surface area contributed by atoms with Gasteiger partial charge in [0.15, 0.2) is 0 Å². The van der Waals surface area contributed by atoms with Crippen molar-refractivity contribution >= 4 is 0 Å². The lowest BCUT2D eigenvalue weighted by Gasteiger charge is -2.34. The van der Waals surface area contributed by atoms with Crippen molar-refractivity contribution in [2.24, 2.45) is 0 Å². The summed E-state index contributed by atoms with van der Waals surface area (Å²) in [6.07, 6.45) is 2.54. The summed E-state index contributed by atoms with van der Waals surface area (Å²) >= 11 is 0. The zero-order valence-corrected chi connectivity index (χ0v) is 12.4. The van der Waals surface area contributed by atoms with Gasteiger partial charge < -0.3 is 5.32 Å². The Hall–Kier alpha value is -1.64. The highest BCUT2D eigenvalue weighted by Gasteiger charge is 2.25. The molecule has 21 heavy (non-hydrogen) atoms. The van der Waals surface area contributed by atoms with Gasteiger partial charge >= 0.3 is 0 Å². The maximum Gasteiger partial charge on any atom is 0.0246 e. The molecule has 1 N–H and O–H groups in total. The van der Waals surface area contributed by atoms with Gasteiger partial charge in [0.2, 0.25) is 0 Å². The van der Waals surface area contributed by atoms with Crippen molar-refractivity contribution in [1.82, 2.24) is 10.2 Å². The van der Waals surface area contributed by atoms with Gasteiger partial charge in [0.1, 0.15) is 0 Å². The van der Waals surface area contributed by atoms with Crippen LogP contribution >= 0.6 is 0 Å². The van der Waals surface area contributed by atoms with Crippen molar-refractivity contribution < 1.29 is 0 Å². The molecule has 2 aromatic rings. The minimum atomic E-state index is 0.713. The second kappa shape index (κ2) is 5.63. The third kappa shape index (κ3) is 2.50. The van der Waals surface area contributed by atoms with Gasteiger partial charge in [0.05, 0.1) is 0 Å². The summed E-state index contributed by atoms with van der Waals surface area (Å²) < 4.78 is 0. The Bertz CT molecular complexity index is 581. The van der Waals surface area contributed by atoms with E-state index < -0.39 is 0 Å². The molecule has 0 saturated carbocycles. The molecule has 0 spiro atoms. The Morgan fingerprint density at radius 1 is 0.762 bits per heavy atom. The number of rotatable bonds is 1. The van der Waals surface area contributed by atoms with Crippen LogP contribution in [-0.4, -0.2) is 24.0 Å². The molecule has 2 heteroatoms. The first-order chi connectivity index (χ1) is 10.4. The summed E-state index contributed by atoms with van der Waals surface area (Å²) in [7, 11) is 0. The highest BCUT2D eigenvalue weighted by Crippen LogP contribution is 2.33. The van der Waals surface area contributed by atoms with Crippen LogP contribution in [0.25, 0.3) is 11.1 Å². The number of fused-ring (bicyclic) bond motifs is 3. The third-order valence-electron chi connectivity index (χ3n) is 4.90. The molecule has 1 saturated heterocycles. The van der Waals surface area contributed by atoms with Gasteiger partial charge in [-0.2, -0.15) is 0 Å². The first-order valence-corrected chi connectivity index (χ1v) is 8.03. The summed E-state index contributed by atoms with van der Waals surface area (Å²) in [5.74, 6) is 0. The molecule has 0 aromatic heterocycles. The van der Waals surface area contributed by atoms with Crippen LogP contribution < -0.4 is 5.32 Å². The molecule has 0 radical (unpaired) electrons. The maximum atomic E-state index is 3.48. The number of hydrogen-bond acceptors (Lipinski definition) is 2. The Kier molecular flexibility index (Phi) is 3.50. The number of piperidine rings is 1. The van der Waals surface area contributed by atoms with E-state index in [2.05, 4.69) is 58.7 Å². The van der Waals surface area contributed by atoms with Crippen LogP contribution in [0.3, 0.4) is 0 Å². The van der Waals surface area contributed by atoms with Crippen molar-refractivity contribution in [3.8, 4) is 11.1 Å². The summed E-state index contributed by atoms with van der Waals surface area (Å²) in [6.45, 7) is 4.47. The van der Waals surface area contributed by atoms with Gasteiger partial charge in [-0.05, 0) is 48.2 Å². The number of benzene rings is 2. The van der Waals surface area contributed by atoms with Crippen LogP contribution in [0.4, 0.5) is 0 Å². The minimum Gasteiger partial charge on any atom is -0.317 e. The highest BCUT2D eigenvalue weighted by atomic mass is 15.2. The van der Waals surface area contributed by atoms with E-state index in [9.17, 15) is 0 Å². The lowest BCUT2D eigenvalue weighted by Crippen LogP contribution is -2.42. The van der Waals surface area contributed by atoms with Crippen LogP contribution in [0.1, 0.15) is 24.0 Å². The van der Waals surface area contributed by atoms with Gasteiger partial charge in [-0.1, -0.05) is 48.5 Å². The van der Waals surface area contributed by atoms with Crippen LogP contribution in [0.15, 0.2) is 48.5 Å². The van der Waals surface area contributed by atoms with Gasteiger partial charge in [0, 0.05) is 19.1 Å². The fourth-order valence-corrected chi connectivity index (χ4v) is 3.77. The van der Waals surface area contributed by atoms with Crippen molar-refractivity contribution in [3.05, 3.63) is 59.7 Å². The van der Waals surface area contributed by atoms with Crippen molar-refractivity contribution in [2.45, 2.75) is 32.0 Å². The lowest BCUT2D eigenvalue weighted by atomic mass is 9.97. The molecule has 2 aliphatic heterocycles. The fourth-order valence-electron chi connectivity index (χ4n) is 3.77. The topological polar surface area (TPSA) is 15.3 Å². The molecule has 0 bridgehead atoms. The molecule has 0 amide bonds. The van der Waals surface area contributed by atoms with Gasteiger partial charge in [-0.25, -0.2) is 0 Å². The minimum absolute atomic E-state index is 0.713. The van der Waals surface area contributed by atoms with Gasteiger partial charge in [-0.15, -0.1) is 0 Å². The van der Waals surface area contributed by atoms with E-state index in [0.29, 0.717) is 6.04 Å². The molecular formula is C19H22N2. The summed E-state index contributed by atoms with van der Waals surface area (Å²) in [4.78, 5) is 2.69. The summed E-state index contributed by atoms with van der Waals surface area (Å²) in [5, 5.41) is 3.48. The quantitative estimate of drug-likeness (QED) is 0.860. The number of nitrogens with one attached hydrogen (secondary N) is 1. The molecule has 108 valence electrons. The lowest BCUT2D eigenvalue weighted by molar-refractivity contribution is 0.147. The maximum absolute atomic E-state index is 3.48. The Labute approximate surface area is 126 Å². The number of hydrogen-bond donors (Lipinski definition) is 1. The summed E-state index contributed by atoms with van der Waals surface area (Å²) in [6, 6.07) is 18.5. The molecule has 1 fully saturated rings. The fraction of sp³-hybridized carbons (Fsp3) is 0.368. The van der Waals surface area contributed by atoms with E-state index >= 15 is 0 Å². The predicted molar refractivity (Wildman–Crippen MR) is 87.0 cm³/mol. The van der Waals surface area contributed by atoms with Crippen molar-refractivity contribution in [3.63, 3.8) is 0 Å². The Morgan fingerprint density at radius 3 is 1.86 bits per heavy atom. The second-order valence-corrected chi connectivity index (χ2v) is 6.20. The highest BCUT2D eigenvalue weighted by molar-refractivity contribution is 5.71. The second-order valence-electron chi connectivity index (χ2n) is 6.20. The molecule has 0 atom stereocenters. The van der Waals surface area contributed by atoms with Gasteiger partial charge in [-0.3, -0.25) is 4.90 Å². The molecular weight excluding hydrogens is 256 g/mol. The monoisotopic (exact) mass is 278 g/mol. The molecule has 2 heterocycles. The first-order valence-electron chi connectivity index (χ1n) is 8.03. The number of nitrogens with zero attached hydrogens (tertiary/aromatic N) is 1. The molecule has 2 aromatic carbocycles. The van der Waals surface area contributed by atoms with E-state index in [1.54, 1.807) is 0 Å². The van der Waals surface area contributed by atoms with E-state index in [0.717, 1.165) is 26.2 Å². The average Bonchev–Trinajstić information content (AvgIpc) is 2.72. The van der Waals surface area contributed by atoms with Crippen molar-refractivity contribution in [2.75, 3.05) is 13.1 Å². The molecule has 0 aliphatic carbocycles. The molecule has 2 nitrogen and oxygen atoms in total. The van der Waals surface area contributed by atoms with Gasteiger partial charge in [0.25, 0.3) is 0 Å². The van der Waals surface area contributed by atoms with Crippen LogP contribution in [0.2, 0.25) is 0 Å². The summed E-state index contributed by atoms with van der Waals surface area (Å²) in [5.41, 5.74) is 5.79. The van der Waals surface area contributed by atoms with E-state index in [4.69, 9.17) is 0 Å². The average molecular weight is 278 g/mol. The Morgan fingerprint density at radius 2 is 1.29 bits per heavy atom. The van der Waals surface area contributed by atoms with Crippen LogP contribution in [0, 0.1) is 0 Å². The van der Waals surface area contributed by atoms with E-state index in [1.807, 2.05) is 0 Å². The first kappa shape index (κ1) is 13.1. The van der Waals surface area contributed by atoms with Crippen molar-refractivity contribution in [1.29, 1.82) is 0 Å². The normalized spacial score (nSPS) is 19.6. The largest absolute Gasteiger partial charge is 0.317 e. The zero-order valence-electron chi connectivity index (χ0n) is 12.4. The van der Waals surface area contributed by atoms with Crippen LogP contribution in [0.5, 0.6) is 0 Å². The molecule has 2 aliphatic rings. The predicted octanol–water partition coefficient (Wildman–Crippen LogP) is 3.42. The smallest absolute Gasteiger partial charge is 0.0246 e.